The molecule has 88 valence electrons. The second-order valence-electron chi connectivity index (χ2n) is 3.53. The highest BCUT2D eigenvalue weighted by Gasteiger charge is 2.11. The van der Waals surface area contributed by atoms with Crippen LogP contribution in [0.15, 0.2) is 40.2 Å². The smallest absolute Gasteiger partial charge is 0.177 e. The maximum atomic E-state index is 12.0. The van der Waals surface area contributed by atoms with Crippen LogP contribution in [0.1, 0.15) is 15.2 Å². The van der Waals surface area contributed by atoms with Crippen molar-refractivity contribution >= 4 is 33.0 Å². The highest BCUT2D eigenvalue weighted by molar-refractivity contribution is 9.10. The Morgan fingerprint density at radius 1 is 1.41 bits per heavy atom. The van der Waals surface area contributed by atoms with Crippen molar-refractivity contribution in [1.82, 2.24) is 0 Å². The molecule has 0 N–H and O–H groups in total. The molecule has 0 aliphatic carbocycles. The maximum absolute atomic E-state index is 12.0. The minimum Gasteiger partial charge on any atom is -0.497 e. The van der Waals surface area contributed by atoms with E-state index in [2.05, 4.69) is 15.9 Å². The topological polar surface area (TPSA) is 26.3 Å². The highest BCUT2D eigenvalue weighted by atomic mass is 79.9. The van der Waals surface area contributed by atoms with Gasteiger partial charge in [-0.1, -0.05) is 22.0 Å². The first kappa shape index (κ1) is 12.3. The van der Waals surface area contributed by atoms with E-state index in [-0.39, 0.29) is 5.78 Å². The van der Waals surface area contributed by atoms with E-state index in [0.717, 1.165) is 20.7 Å². The molecule has 0 radical (unpaired) electrons. The Labute approximate surface area is 112 Å². The second-order valence-corrected chi connectivity index (χ2v) is 5.34. The fourth-order valence-electron chi connectivity index (χ4n) is 1.51. The zero-order valence-electron chi connectivity index (χ0n) is 9.27. The van der Waals surface area contributed by atoms with Crippen LogP contribution in [0.5, 0.6) is 5.75 Å². The number of carbonyl (C=O) groups is 1. The average Bonchev–Trinajstić information content (AvgIpc) is 2.85. The van der Waals surface area contributed by atoms with E-state index >= 15 is 0 Å². The van der Waals surface area contributed by atoms with Crippen molar-refractivity contribution in [3.05, 3.63) is 50.6 Å². The molecule has 17 heavy (non-hydrogen) atoms. The third-order valence-corrected chi connectivity index (χ3v) is 4.08. The van der Waals surface area contributed by atoms with Gasteiger partial charge in [-0.15, -0.1) is 11.3 Å². The van der Waals surface area contributed by atoms with Crippen LogP contribution < -0.4 is 4.74 Å². The van der Waals surface area contributed by atoms with Gasteiger partial charge >= 0.3 is 0 Å². The number of hydrogen-bond acceptors (Lipinski definition) is 3. The van der Waals surface area contributed by atoms with E-state index in [4.69, 9.17) is 4.74 Å². The van der Waals surface area contributed by atoms with Gasteiger partial charge in [-0.25, -0.2) is 0 Å². The number of ketones is 1. The summed E-state index contributed by atoms with van der Waals surface area (Å²) >= 11 is 4.92. The van der Waals surface area contributed by atoms with E-state index in [1.54, 1.807) is 7.11 Å². The molecule has 0 spiro atoms. The molecule has 1 heterocycles. The summed E-state index contributed by atoms with van der Waals surface area (Å²) in [6.45, 7) is 0. The second kappa shape index (κ2) is 5.47. The summed E-state index contributed by atoms with van der Waals surface area (Å²) in [6, 6.07) is 9.38. The molecule has 0 aliphatic heterocycles. The lowest BCUT2D eigenvalue weighted by molar-refractivity contribution is 0.0996. The summed E-state index contributed by atoms with van der Waals surface area (Å²) in [5.74, 6) is 0.899. The number of rotatable bonds is 4. The van der Waals surface area contributed by atoms with Crippen molar-refractivity contribution in [3.63, 3.8) is 0 Å². The van der Waals surface area contributed by atoms with Gasteiger partial charge in [-0.2, -0.15) is 0 Å². The van der Waals surface area contributed by atoms with Crippen molar-refractivity contribution in [2.24, 2.45) is 0 Å². The number of benzene rings is 1. The molecule has 0 bridgehead atoms. The van der Waals surface area contributed by atoms with Gasteiger partial charge in [0.05, 0.1) is 12.0 Å². The van der Waals surface area contributed by atoms with Crippen molar-refractivity contribution in [1.29, 1.82) is 0 Å². The highest BCUT2D eigenvalue weighted by Crippen LogP contribution is 2.24. The third kappa shape index (κ3) is 2.96. The molecular formula is C13H11BrO2S. The van der Waals surface area contributed by atoms with E-state index in [9.17, 15) is 4.79 Å². The fraction of sp³-hybridized carbons (Fsp3) is 0.154. The Morgan fingerprint density at radius 2 is 2.24 bits per heavy atom. The quantitative estimate of drug-likeness (QED) is 0.799. The SMILES string of the molecule is COc1ccc(Br)c(CC(=O)c2cccs2)c1. The van der Waals surface area contributed by atoms with Crippen LogP contribution in [0.2, 0.25) is 0 Å². The van der Waals surface area contributed by atoms with Crippen LogP contribution in [0.4, 0.5) is 0 Å². The maximum Gasteiger partial charge on any atom is 0.177 e. The van der Waals surface area contributed by atoms with Crippen LogP contribution in [0.25, 0.3) is 0 Å². The van der Waals surface area contributed by atoms with Crippen LogP contribution in [0, 0.1) is 0 Å². The van der Waals surface area contributed by atoms with Crippen molar-refractivity contribution in [2.75, 3.05) is 7.11 Å². The molecule has 2 aromatic rings. The van der Waals surface area contributed by atoms with Gasteiger partial charge in [0.2, 0.25) is 0 Å². The van der Waals surface area contributed by atoms with Crippen LogP contribution in [0.3, 0.4) is 0 Å². The van der Waals surface area contributed by atoms with E-state index in [1.807, 2.05) is 35.7 Å². The number of methoxy groups -OCH3 is 1. The predicted octanol–water partition coefficient (Wildman–Crippen LogP) is 3.94. The van der Waals surface area contributed by atoms with Crippen molar-refractivity contribution in [2.45, 2.75) is 6.42 Å². The van der Waals surface area contributed by atoms with Crippen molar-refractivity contribution in [3.8, 4) is 5.75 Å². The first-order valence-corrected chi connectivity index (χ1v) is 6.77. The van der Waals surface area contributed by atoms with Gasteiger partial charge in [0.25, 0.3) is 0 Å². The predicted molar refractivity (Wildman–Crippen MR) is 73.0 cm³/mol. The standard InChI is InChI=1S/C13H11BrO2S/c1-16-10-4-5-11(14)9(7-10)8-12(15)13-3-2-6-17-13/h2-7H,8H2,1H3. The van der Waals surface area contributed by atoms with E-state index in [0.29, 0.717) is 6.42 Å². The van der Waals surface area contributed by atoms with Gasteiger partial charge in [0.1, 0.15) is 5.75 Å². The average molecular weight is 311 g/mol. The normalized spacial score (nSPS) is 10.2. The Morgan fingerprint density at radius 3 is 2.88 bits per heavy atom. The molecule has 2 rings (SSSR count). The zero-order chi connectivity index (χ0) is 12.3. The first-order chi connectivity index (χ1) is 8.20. The molecule has 0 fully saturated rings. The minimum atomic E-state index is 0.133. The molecule has 0 unspecified atom stereocenters. The Hall–Kier alpha value is -1.13. The molecule has 0 saturated carbocycles. The van der Waals surface area contributed by atoms with Crippen LogP contribution in [-0.4, -0.2) is 12.9 Å². The van der Waals surface area contributed by atoms with E-state index in [1.165, 1.54) is 11.3 Å². The third-order valence-electron chi connectivity index (χ3n) is 2.40. The number of halogens is 1. The molecule has 0 atom stereocenters. The molecule has 0 saturated heterocycles. The Bertz CT molecular complexity index is 520. The monoisotopic (exact) mass is 310 g/mol. The lowest BCUT2D eigenvalue weighted by atomic mass is 10.1. The summed E-state index contributed by atoms with van der Waals surface area (Å²) in [7, 11) is 1.62. The largest absolute Gasteiger partial charge is 0.497 e. The fourth-order valence-corrected chi connectivity index (χ4v) is 2.56. The number of ether oxygens (including phenoxy) is 1. The Balaban J connectivity index is 2.21. The van der Waals surface area contributed by atoms with Gasteiger partial charge in [-0.05, 0) is 35.2 Å². The van der Waals surface area contributed by atoms with Gasteiger partial charge in [0.15, 0.2) is 5.78 Å². The van der Waals surface area contributed by atoms with Gasteiger partial charge < -0.3 is 4.74 Å². The molecule has 1 aromatic carbocycles. The number of hydrogen-bond donors (Lipinski definition) is 0. The van der Waals surface area contributed by atoms with Crippen molar-refractivity contribution < 1.29 is 9.53 Å². The first-order valence-electron chi connectivity index (χ1n) is 5.10. The van der Waals surface area contributed by atoms with Gasteiger partial charge in [0, 0.05) is 10.9 Å². The molecular weight excluding hydrogens is 300 g/mol. The molecule has 1 aromatic heterocycles. The number of carbonyl (C=O) groups excluding carboxylic acids is 1. The minimum absolute atomic E-state index is 0.133. The summed E-state index contributed by atoms with van der Waals surface area (Å²) in [5, 5.41) is 1.91. The summed E-state index contributed by atoms with van der Waals surface area (Å²) < 4.78 is 6.09. The summed E-state index contributed by atoms with van der Waals surface area (Å²) in [4.78, 5) is 12.8. The number of Topliss-reactive ketones (excluding diaryl/α,β-unsaturated/α-hetero) is 1. The van der Waals surface area contributed by atoms with Gasteiger partial charge in [-0.3, -0.25) is 4.79 Å². The molecule has 2 nitrogen and oxygen atoms in total. The molecule has 0 aliphatic rings. The Kier molecular flexibility index (Phi) is 3.97. The lowest BCUT2D eigenvalue weighted by Crippen LogP contribution is -2.02. The molecule has 0 amide bonds. The molecule has 4 heteroatoms. The summed E-state index contributed by atoms with van der Waals surface area (Å²) in [6.07, 6.45) is 0.387. The number of thiophene rings is 1. The lowest BCUT2D eigenvalue weighted by Gasteiger charge is -2.06. The van der Waals surface area contributed by atoms with E-state index < -0.39 is 0 Å². The zero-order valence-corrected chi connectivity index (χ0v) is 11.7. The van der Waals surface area contributed by atoms with Crippen LogP contribution >= 0.6 is 27.3 Å². The summed E-state index contributed by atoms with van der Waals surface area (Å²) in [5.41, 5.74) is 0.947. The van der Waals surface area contributed by atoms with Crippen LogP contribution in [-0.2, 0) is 6.42 Å².